The van der Waals surface area contributed by atoms with E-state index in [1.54, 1.807) is 4.52 Å². The van der Waals surface area contributed by atoms with Gasteiger partial charge in [0.05, 0.1) is 0 Å². The smallest absolute Gasteiger partial charge is 0.243 e. The molecule has 0 amide bonds. The predicted molar refractivity (Wildman–Crippen MR) is 98.1 cm³/mol. The summed E-state index contributed by atoms with van der Waals surface area (Å²) in [4.78, 5) is 4.31. The molecule has 8 heteroatoms. The lowest BCUT2D eigenvalue weighted by Gasteiger charge is -2.13. The number of halogens is 2. The van der Waals surface area contributed by atoms with Crippen LogP contribution in [-0.2, 0) is 11.3 Å². The highest BCUT2D eigenvalue weighted by atomic mass is 35.5. The molecule has 0 saturated carbocycles. The zero-order valence-electron chi connectivity index (χ0n) is 13.3. The zero-order chi connectivity index (χ0) is 17.4. The molecule has 0 bridgehead atoms. The Morgan fingerprint density at radius 2 is 2.08 bits per heavy atom. The van der Waals surface area contributed by atoms with Crippen LogP contribution in [-0.4, -0.2) is 27.2 Å². The summed E-state index contributed by atoms with van der Waals surface area (Å²) in [5.41, 5.74) is 8.82. The third-order valence-electron chi connectivity index (χ3n) is 4.32. The molecule has 3 aromatic rings. The van der Waals surface area contributed by atoms with E-state index in [4.69, 9.17) is 33.7 Å². The molecule has 4 rings (SSSR count). The lowest BCUT2D eigenvalue weighted by atomic mass is 10.1. The Labute approximate surface area is 154 Å². The molecule has 1 saturated heterocycles. The first-order valence-electron chi connectivity index (χ1n) is 8.03. The summed E-state index contributed by atoms with van der Waals surface area (Å²) in [6.07, 6.45) is 0.564. The molecule has 2 atom stereocenters. The lowest BCUT2D eigenvalue weighted by molar-refractivity contribution is 0.105. The van der Waals surface area contributed by atoms with E-state index in [2.05, 4.69) is 15.4 Å². The number of hydrogen-bond donors (Lipinski definition) is 2. The van der Waals surface area contributed by atoms with Crippen molar-refractivity contribution in [2.75, 3.05) is 11.9 Å². The van der Waals surface area contributed by atoms with Crippen LogP contribution >= 0.6 is 23.2 Å². The second-order valence-corrected chi connectivity index (χ2v) is 6.70. The maximum atomic E-state index is 6.51. The number of rotatable bonds is 4. The van der Waals surface area contributed by atoms with Crippen molar-refractivity contribution in [2.45, 2.75) is 25.1 Å². The van der Waals surface area contributed by atoms with Gasteiger partial charge in [0.1, 0.15) is 16.8 Å². The summed E-state index contributed by atoms with van der Waals surface area (Å²) in [5.74, 6) is 0.614. The van der Waals surface area contributed by atoms with Gasteiger partial charge in [0.25, 0.3) is 0 Å². The van der Waals surface area contributed by atoms with E-state index in [1.165, 1.54) is 0 Å². The summed E-state index contributed by atoms with van der Waals surface area (Å²) in [6.45, 7) is 1.24. The van der Waals surface area contributed by atoms with Crippen molar-refractivity contribution in [1.29, 1.82) is 0 Å². The van der Waals surface area contributed by atoms with Crippen LogP contribution in [0.5, 0.6) is 0 Å². The van der Waals surface area contributed by atoms with E-state index in [0.29, 0.717) is 24.1 Å². The molecule has 1 aliphatic heterocycles. The van der Waals surface area contributed by atoms with Gasteiger partial charge in [-0.25, -0.2) is 4.52 Å². The van der Waals surface area contributed by atoms with Gasteiger partial charge in [-0.05, 0) is 29.7 Å². The first-order chi connectivity index (χ1) is 12.1. The highest BCUT2D eigenvalue weighted by Crippen LogP contribution is 2.36. The number of aromatic nitrogens is 3. The molecule has 130 valence electrons. The van der Waals surface area contributed by atoms with E-state index in [9.17, 15) is 0 Å². The molecule has 1 aromatic carbocycles. The third-order valence-corrected chi connectivity index (χ3v) is 4.86. The van der Waals surface area contributed by atoms with Crippen LogP contribution in [0.25, 0.3) is 5.52 Å². The Balaban J connectivity index is 1.71. The summed E-state index contributed by atoms with van der Waals surface area (Å²) >= 11 is 12.6. The molecular weight excluding hydrogens is 361 g/mol. The highest BCUT2D eigenvalue weighted by molar-refractivity contribution is 6.31. The fraction of sp³-hybridized carbons (Fsp3) is 0.294. The Bertz CT molecular complexity index is 899. The molecule has 2 aromatic heterocycles. The van der Waals surface area contributed by atoms with Gasteiger partial charge in [0.2, 0.25) is 5.28 Å². The fourth-order valence-electron chi connectivity index (χ4n) is 3.05. The van der Waals surface area contributed by atoms with Gasteiger partial charge in [0, 0.05) is 24.8 Å². The van der Waals surface area contributed by atoms with Crippen LogP contribution in [0.2, 0.25) is 10.4 Å². The SMILES string of the molecule is N[C@H]1CCO[C@@H]1c1cc2c(NCc3ccccc3)nc(Cl)nn2c1Cl. The molecule has 0 radical (unpaired) electrons. The van der Waals surface area contributed by atoms with Gasteiger partial charge in [-0.3, -0.25) is 0 Å². The minimum Gasteiger partial charge on any atom is -0.372 e. The quantitative estimate of drug-likeness (QED) is 0.727. The Morgan fingerprint density at radius 3 is 2.80 bits per heavy atom. The summed E-state index contributed by atoms with van der Waals surface area (Å²) in [5, 5.41) is 8.07. The molecule has 0 unspecified atom stereocenters. The van der Waals surface area contributed by atoms with E-state index < -0.39 is 0 Å². The topological polar surface area (TPSA) is 77.5 Å². The minimum absolute atomic E-state index is 0.0842. The number of anilines is 1. The van der Waals surface area contributed by atoms with Crippen LogP contribution in [0.4, 0.5) is 5.82 Å². The summed E-state index contributed by atoms with van der Waals surface area (Å²) in [6, 6.07) is 11.9. The first kappa shape index (κ1) is 16.6. The van der Waals surface area contributed by atoms with Crippen molar-refractivity contribution in [3.8, 4) is 0 Å². The average Bonchev–Trinajstić information content (AvgIpc) is 3.17. The maximum Gasteiger partial charge on any atom is 0.243 e. The van der Waals surface area contributed by atoms with Crippen molar-refractivity contribution in [1.82, 2.24) is 14.6 Å². The standard InChI is InChI=1S/C17H17Cl2N5O/c18-15-11(14-12(20)6-7-25-14)8-13-16(22-17(19)23-24(13)15)21-9-10-4-2-1-3-5-10/h1-5,8,12,14H,6-7,9,20H2,(H,21,22,23)/t12-,14+/m0/s1. The van der Waals surface area contributed by atoms with Crippen LogP contribution in [0, 0.1) is 0 Å². The van der Waals surface area contributed by atoms with Gasteiger partial charge in [-0.15, -0.1) is 5.10 Å². The van der Waals surface area contributed by atoms with E-state index >= 15 is 0 Å². The van der Waals surface area contributed by atoms with Crippen LogP contribution in [0.15, 0.2) is 36.4 Å². The van der Waals surface area contributed by atoms with Crippen molar-refractivity contribution < 1.29 is 4.74 Å². The van der Waals surface area contributed by atoms with Gasteiger partial charge in [-0.1, -0.05) is 41.9 Å². The Hall–Kier alpha value is -1.86. The normalized spacial score (nSPS) is 20.3. The monoisotopic (exact) mass is 377 g/mol. The van der Waals surface area contributed by atoms with Crippen molar-refractivity contribution in [3.63, 3.8) is 0 Å². The van der Waals surface area contributed by atoms with Gasteiger partial charge < -0.3 is 15.8 Å². The molecule has 25 heavy (non-hydrogen) atoms. The predicted octanol–water partition coefficient (Wildman–Crippen LogP) is 3.44. The minimum atomic E-state index is -0.241. The van der Waals surface area contributed by atoms with Gasteiger partial charge >= 0.3 is 0 Å². The van der Waals surface area contributed by atoms with Crippen molar-refractivity contribution >= 4 is 34.5 Å². The maximum absolute atomic E-state index is 6.51. The van der Waals surface area contributed by atoms with Crippen LogP contribution < -0.4 is 11.1 Å². The lowest BCUT2D eigenvalue weighted by Crippen LogP contribution is -2.23. The second kappa shape index (κ2) is 6.80. The molecule has 3 heterocycles. The van der Waals surface area contributed by atoms with Crippen molar-refractivity contribution in [3.05, 3.63) is 58.0 Å². The number of fused-ring (bicyclic) bond motifs is 1. The van der Waals surface area contributed by atoms with E-state index in [-0.39, 0.29) is 17.4 Å². The number of nitrogens with one attached hydrogen (secondary N) is 1. The van der Waals surface area contributed by atoms with Crippen molar-refractivity contribution in [2.24, 2.45) is 5.73 Å². The molecular formula is C17H17Cl2N5O. The zero-order valence-corrected chi connectivity index (χ0v) is 14.8. The molecule has 3 N–H and O–H groups in total. The molecule has 0 spiro atoms. The molecule has 0 aliphatic carbocycles. The van der Waals surface area contributed by atoms with E-state index in [0.717, 1.165) is 23.1 Å². The number of nitrogens with two attached hydrogens (primary N) is 1. The number of ether oxygens (including phenoxy) is 1. The number of hydrogen-bond acceptors (Lipinski definition) is 5. The third kappa shape index (κ3) is 3.18. The largest absolute Gasteiger partial charge is 0.372 e. The molecule has 1 aliphatic rings. The second-order valence-electron chi connectivity index (χ2n) is 6.00. The molecule has 6 nitrogen and oxygen atoms in total. The highest BCUT2D eigenvalue weighted by Gasteiger charge is 2.31. The fourth-order valence-corrected chi connectivity index (χ4v) is 3.51. The number of benzene rings is 1. The molecule has 1 fully saturated rings. The Morgan fingerprint density at radius 1 is 1.28 bits per heavy atom. The summed E-state index contributed by atoms with van der Waals surface area (Å²) in [7, 11) is 0. The number of nitrogens with zero attached hydrogens (tertiary/aromatic N) is 3. The van der Waals surface area contributed by atoms with Crippen LogP contribution in [0.1, 0.15) is 23.7 Å². The average molecular weight is 378 g/mol. The first-order valence-corrected chi connectivity index (χ1v) is 8.79. The van der Waals surface area contributed by atoms with Gasteiger partial charge in [-0.2, -0.15) is 4.98 Å². The van der Waals surface area contributed by atoms with Gasteiger partial charge in [0.15, 0.2) is 5.82 Å². The van der Waals surface area contributed by atoms with E-state index in [1.807, 2.05) is 36.4 Å². The summed E-state index contributed by atoms with van der Waals surface area (Å²) < 4.78 is 7.31. The van der Waals surface area contributed by atoms with Crippen LogP contribution in [0.3, 0.4) is 0 Å². The Kier molecular flexibility index (Phi) is 4.52.